The molecule has 1 aliphatic rings. The summed E-state index contributed by atoms with van der Waals surface area (Å²) in [6.45, 7) is 2.64. The third-order valence-electron chi connectivity index (χ3n) is 3.92. The number of halogens is 3. The van der Waals surface area contributed by atoms with Crippen LogP contribution >= 0.6 is 23.2 Å². The zero-order chi connectivity index (χ0) is 16.4. The molecule has 2 aromatic carbocycles. The zero-order valence-electron chi connectivity index (χ0n) is 12.3. The van der Waals surface area contributed by atoms with Gasteiger partial charge in [-0.15, -0.1) is 0 Å². The number of hydrogen-bond acceptors (Lipinski definition) is 2. The van der Waals surface area contributed by atoms with E-state index in [-0.39, 0.29) is 10.9 Å². The lowest BCUT2D eigenvalue weighted by molar-refractivity contribution is 0.0747. The molecule has 3 nitrogen and oxygen atoms in total. The summed E-state index contributed by atoms with van der Waals surface area (Å²) >= 11 is 11.9. The van der Waals surface area contributed by atoms with E-state index in [2.05, 4.69) is 4.90 Å². The van der Waals surface area contributed by atoms with Crippen molar-refractivity contribution in [3.63, 3.8) is 0 Å². The highest BCUT2D eigenvalue weighted by Crippen LogP contribution is 2.22. The third-order valence-corrected chi connectivity index (χ3v) is 4.48. The van der Waals surface area contributed by atoms with Crippen molar-refractivity contribution in [1.82, 2.24) is 4.90 Å². The molecule has 0 saturated carbocycles. The van der Waals surface area contributed by atoms with Gasteiger partial charge in [0.1, 0.15) is 5.82 Å². The number of anilines is 1. The summed E-state index contributed by atoms with van der Waals surface area (Å²) in [5.74, 6) is -0.607. The van der Waals surface area contributed by atoms with Gasteiger partial charge in [-0.2, -0.15) is 0 Å². The van der Waals surface area contributed by atoms with Crippen LogP contribution in [0, 0.1) is 5.82 Å². The molecule has 0 aliphatic carbocycles. The van der Waals surface area contributed by atoms with Crippen molar-refractivity contribution in [3.05, 3.63) is 63.9 Å². The van der Waals surface area contributed by atoms with E-state index < -0.39 is 5.82 Å². The summed E-state index contributed by atoms with van der Waals surface area (Å²) in [6, 6.07) is 11.5. The maximum Gasteiger partial charge on any atom is 0.255 e. The van der Waals surface area contributed by atoms with E-state index in [1.54, 1.807) is 4.90 Å². The quantitative estimate of drug-likeness (QED) is 0.812. The summed E-state index contributed by atoms with van der Waals surface area (Å²) in [5.41, 5.74) is 1.43. The first-order valence-electron chi connectivity index (χ1n) is 7.29. The minimum absolute atomic E-state index is 0.148. The van der Waals surface area contributed by atoms with E-state index in [1.807, 2.05) is 24.3 Å². The highest BCUT2D eigenvalue weighted by Gasteiger charge is 2.23. The van der Waals surface area contributed by atoms with Gasteiger partial charge in [-0.05, 0) is 42.5 Å². The Bertz CT molecular complexity index is 713. The van der Waals surface area contributed by atoms with Crippen LogP contribution in [-0.2, 0) is 0 Å². The fourth-order valence-electron chi connectivity index (χ4n) is 2.65. The van der Waals surface area contributed by atoms with Crippen molar-refractivity contribution in [3.8, 4) is 0 Å². The lowest BCUT2D eigenvalue weighted by Gasteiger charge is -2.36. The average Bonchev–Trinajstić information content (AvgIpc) is 2.55. The predicted molar refractivity (Wildman–Crippen MR) is 91.0 cm³/mol. The fourth-order valence-corrected chi connectivity index (χ4v) is 3.03. The zero-order valence-corrected chi connectivity index (χ0v) is 13.8. The summed E-state index contributed by atoms with van der Waals surface area (Å²) in [4.78, 5) is 16.4. The van der Waals surface area contributed by atoms with Gasteiger partial charge in [-0.3, -0.25) is 4.79 Å². The molecule has 0 unspecified atom stereocenters. The number of nitrogens with zero attached hydrogens (tertiary/aromatic N) is 2. The first-order valence-corrected chi connectivity index (χ1v) is 8.05. The molecule has 0 radical (unpaired) electrons. The number of amides is 1. The van der Waals surface area contributed by atoms with Crippen molar-refractivity contribution in [2.75, 3.05) is 31.1 Å². The topological polar surface area (TPSA) is 23.6 Å². The van der Waals surface area contributed by atoms with Crippen LogP contribution in [0.5, 0.6) is 0 Å². The molecule has 0 bridgehead atoms. The second kappa shape index (κ2) is 6.77. The minimum Gasteiger partial charge on any atom is -0.368 e. The van der Waals surface area contributed by atoms with Crippen LogP contribution in [0.3, 0.4) is 0 Å². The van der Waals surface area contributed by atoms with Gasteiger partial charge >= 0.3 is 0 Å². The lowest BCUT2D eigenvalue weighted by Crippen LogP contribution is -2.48. The van der Waals surface area contributed by atoms with Crippen molar-refractivity contribution < 1.29 is 9.18 Å². The summed E-state index contributed by atoms with van der Waals surface area (Å²) in [7, 11) is 0. The van der Waals surface area contributed by atoms with Crippen LogP contribution in [-0.4, -0.2) is 37.0 Å². The second-order valence-electron chi connectivity index (χ2n) is 5.38. The van der Waals surface area contributed by atoms with E-state index in [4.69, 9.17) is 23.2 Å². The molecule has 1 fully saturated rings. The van der Waals surface area contributed by atoms with Crippen molar-refractivity contribution in [2.45, 2.75) is 0 Å². The predicted octanol–water partition coefficient (Wildman–Crippen LogP) is 4.09. The molecule has 0 aromatic heterocycles. The molecule has 1 aliphatic heterocycles. The molecule has 1 amide bonds. The highest BCUT2D eigenvalue weighted by atomic mass is 35.5. The Kier molecular flexibility index (Phi) is 4.74. The summed E-state index contributed by atoms with van der Waals surface area (Å²) in [6.07, 6.45) is 0. The second-order valence-corrected chi connectivity index (χ2v) is 6.22. The Morgan fingerprint density at radius 2 is 1.61 bits per heavy atom. The van der Waals surface area contributed by atoms with E-state index in [0.717, 1.165) is 18.8 Å². The Labute approximate surface area is 144 Å². The van der Waals surface area contributed by atoms with Gasteiger partial charge in [-0.25, -0.2) is 4.39 Å². The molecule has 3 rings (SSSR count). The van der Waals surface area contributed by atoms with Crippen LogP contribution < -0.4 is 4.90 Å². The number of carbonyl (C=O) groups is 1. The molecular weight excluding hydrogens is 338 g/mol. The molecule has 120 valence electrons. The smallest absolute Gasteiger partial charge is 0.255 e. The van der Waals surface area contributed by atoms with Crippen molar-refractivity contribution in [2.24, 2.45) is 0 Å². The Morgan fingerprint density at radius 1 is 0.957 bits per heavy atom. The van der Waals surface area contributed by atoms with Gasteiger partial charge in [0.15, 0.2) is 0 Å². The van der Waals surface area contributed by atoms with Crippen LogP contribution in [0.15, 0.2) is 42.5 Å². The van der Waals surface area contributed by atoms with Crippen LogP contribution in [0.1, 0.15) is 10.4 Å². The lowest BCUT2D eigenvalue weighted by atomic mass is 10.1. The van der Waals surface area contributed by atoms with Crippen molar-refractivity contribution in [1.29, 1.82) is 0 Å². The fraction of sp³-hybridized carbons (Fsp3) is 0.235. The summed E-state index contributed by atoms with van der Waals surface area (Å²) < 4.78 is 13.1. The van der Waals surface area contributed by atoms with Gasteiger partial charge in [0.05, 0.1) is 10.6 Å². The molecule has 2 aromatic rings. The maximum absolute atomic E-state index is 13.1. The maximum atomic E-state index is 13.1. The average molecular weight is 353 g/mol. The van der Waals surface area contributed by atoms with Gasteiger partial charge in [0, 0.05) is 36.9 Å². The Balaban J connectivity index is 1.66. The van der Waals surface area contributed by atoms with E-state index >= 15 is 0 Å². The molecular formula is C17H15Cl2FN2O. The number of rotatable bonds is 2. The van der Waals surface area contributed by atoms with E-state index in [9.17, 15) is 9.18 Å². The number of carbonyl (C=O) groups excluding carboxylic acids is 1. The monoisotopic (exact) mass is 352 g/mol. The molecule has 0 spiro atoms. The minimum atomic E-state index is -0.445. The largest absolute Gasteiger partial charge is 0.368 e. The Hall–Kier alpha value is -1.78. The first kappa shape index (κ1) is 16.1. The van der Waals surface area contributed by atoms with Crippen LogP contribution in [0.25, 0.3) is 0 Å². The molecule has 1 saturated heterocycles. The normalized spacial score (nSPS) is 14.9. The molecule has 0 atom stereocenters. The number of piperazine rings is 1. The summed E-state index contributed by atoms with van der Waals surface area (Å²) in [5, 5.41) is 0.851. The molecule has 0 N–H and O–H groups in total. The first-order chi connectivity index (χ1) is 11.0. The standard InChI is InChI=1S/C17H15Cl2FN2O/c18-12-1-4-14(5-2-12)21-7-9-22(10-8-21)17(23)15-6-3-13(20)11-16(15)19/h1-6,11H,7-10H2. The van der Waals surface area contributed by atoms with Crippen molar-refractivity contribution >= 4 is 34.8 Å². The van der Waals surface area contributed by atoms with Gasteiger partial charge in [-0.1, -0.05) is 23.2 Å². The molecule has 23 heavy (non-hydrogen) atoms. The Morgan fingerprint density at radius 3 is 2.22 bits per heavy atom. The number of benzene rings is 2. The SMILES string of the molecule is O=C(c1ccc(F)cc1Cl)N1CCN(c2ccc(Cl)cc2)CC1. The van der Waals surface area contributed by atoms with Gasteiger partial charge < -0.3 is 9.80 Å². The van der Waals surface area contributed by atoms with E-state index in [0.29, 0.717) is 23.7 Å². The molecule has 1 heterocycles. The van der Waals surface area contributed by atoms with E-state index in [1.165, 1.54) is 18.2 Å². The number of hydrogen-bond donors (Lipinski definition) is 0. The van der Waals surface area contributed by atoms with Crippen LogP contribution in [0.2, 0.25) is 10.0 Å². The highest BCUT2D eigenvalue weighted by molar-refractivity contribution is 6.33. The van der Waals surface area contributed by atoms with Gasteiger partial charge in [0.25, 0.3) is 5.91 Å². The van der Waals surface area contributed by atoms with Crippen LogP contribution in [0.4, 0.5) is 10.1 Å². The van der Waals surface area contributed by atoms with Gasteiger partial charge in [0.2, 0.25) is 0 Å². The third kappa shape index (κ3) is 3.59. The molecule has 6 heteroatoms.